The van der Waals surface area contributed by atoms with Gasteiger partial charge in [0.25, 0.3) is 5.91 Å². The van der Waals surface area contributed by atoms with Gasteiger partial charge >= 0.3 is 0 Å². The number of amides is 2. The molecule has 112 valence electrons. The van der Waals surface area contributed by atoms with Crippen LogP contribution in [-0.2, 0) is 9.53 Å². The topological polar surface area (TPSA) is 71.5 Å². The van der Waals surface area contributed by atoms with Crippen LogP contribution in [0.4, 0.5) is 5.13 Å². The first-order valence-corrected chi connectivity index (χ1v) is 7.97. The molecule has 0 aromatic carbocycles. The van der Waals surface area contributed by atoms with Gasteiger partial charge in [-0.3, -0.25) is 9.59 Å². The lowest BCUT2D eigenvalue weighted by molar-refractivity contribution is -0.117. The van der Waals surface area contributed by atoms with Crippen LogP contribution < -0.4 is 5.32 Å². The lowest BCUT2D eigenvalue weighted by Gasteiger charge is -2.20. The number of hydrogen-bond acceptors (Lipinski definition) is 6. The Morgan fingerprint density at radius 3 is 2.86 bits per heavy atom. The van der Waals surface area contributed by atoms with Crippen LogP contribution in [-0.4, -0.2) is 48.5 Å². The molecule has 0 saturated heterocycles. The average molecular weight is 325 g/mol. The molecule has 2 aromatic rings. The molecule has 0 bridgehead atoms. The minimum absolute atomic E-state index is 0.0281. The lowest BCUT2D eigenvalue weighted by atomic mass is 10.3. The number of aromatic nitrogens is 1. The number of hydrogen-bond donors (Lipinski definition) is 1. The van der Waals surface area contributed by atoms with Crippen LogP contribution in [0.15, 0.2) is 29.1 Å². The number of nitrogens with zero attached hydrogens (tertiary/aromatic N) is 2. The minimum atomic E-state index is -0.272. The molecule has 0 unspecified atom stereocenters. The molecule has 0 aliphatic carbocycles. The Hall–Kier alpha value is -1.77. The van der Waals surface area contributed by atoms with E-state index in [0.717, 1.165) is 0 Å². The molecule has 0 atom stereocenters. The van der Waals surface area contributed by atoms with Gasteiger partial charge in [0.2, 0.25) is 5.91 Å². The van der Waals surface area contributed by atoms with Crippen molar-refractivity contribution in [2.75, 3.05) is 32.1 Å². The number of thiophene rings is 1. The summed E-state index contributed by atoms with van der Waals surface area (Å²) in [7, 11) is 1.56. The predicted molar refractivity (Wildman–Crippen MR) is 82.8 cm³/mol. The Balaban J connectivity index is 1.98. The first-order valence-electron chi connectivity index (χ1n) is 6.21. The third kappa shape index (κ3) is 4.62. The van der Waals surface area contributed by atoms with Crippen molar-refractivity contribution >= 4 is 39.6 Å². The fourth-order valence-electron chi connectivity index (χ4n) is 1.63. The van der Waals surface area contributed by atoms with Crippen molar-refractivity contribution in [1.82, 2.24) is 9.88 Å². The second-order valence-corrected chi connectivity index (χ2v) is 5.92. The van der Waals surface area contributed by atoms with E-state index in [-0.39, 0.29) is 18.4 Å². The highest BCUT2D eigenvalue weighted by molar-refractivity contribution is 7.13. The Morgan fingerprint density at radius 2 is 2.24 bits per heavy atom. The van der Waals surface area contributed by atoms with Gasteiger partial charge in [-0.15, -0.1) is 22.7 Å². The van der Waals surface area contributed by atoms with E-state index >= 15 is 0 Å². The number of carbonyl (C=O) groups is 2. The van der Waals surface area contributed by atoms with Crippen molar-refractivity contribution < 1.29 is 14.3 Å². The van der Waals surface area contributed by atoms with Gasteiger partial charge in [-0.2, -0.15) is 0 Å². The molecule has 0 fully saturated rings. The highest BCUT2D eigenvalue weighted by atomic mass is 32.1. The Morgan fingerprint density at radius 1 is 1.38 bits per heavy atom. The maximum absolute atomic E-state index is 12.3. The molecular weight excluding hydrogens is 310 g/mol. The van der Waals surface area contributed by atoms with E-state index in [9.17, 15) is 9.59 Å². The fraction of sp³-hybridized carbons (Fsp3) is 0.308. The van der Waals surface area contributed by atoms with E-state index in [1.807, 2.05) is 11.4 Å². The van der Waals surface area contributed by atoms with Crippen LogP contribution in [0.5, 0.6) is 0 Å². The van der Waals surface area contributed by atoms with Gasteiger partial charge in [0, 0.05) is 25.2 Å². The standard InChI is InChI=1S/C13H15N3O3S2/c1-19-6-5-16(12(18)10-3-2-7-20-10)9-11(17)15-13-14-4-8-21-13/h2-4,7-8H,5-6,9H2,1H3,(H,14,15,17). The highest BCUT2D eigenvalue weighted by Gasteiger charge is 2.19. The summed E-state index contributed by atoms with van der Waals surface area (Å²) in [6.45, 7) is 0.708. The monoisotopic (exact) mass is 325 g/mol. The number of nitrogens with one attached hydrogen (secondary N) is 1. The summed E-state index contributed by atoms with van der Waals surface area (Å²) in [6.07, 6.45) is 1.61. The fourth-order valence-corrected chi connectivity index (χ4v) is 2.86. The van der Waals surface area contributed by atoms with E-state index in [1.54, 1.807) is 24.8 Å². The Bertz CT molecular complexity index is 570. The van der Waals surface area contributed by atoms with Gasteiger partial charge in [0.05, 0.1) is 11.5 Å². The summed E-state index contributed by atoms with van der Waals surface area (Å²) in [6, 6.07) is 3.55. The van der Waals surface area contributed by atoms with Crippen LogP contribution in [0.2, 0.25) is 0 Å². The quantitative estimate of drug-likeness (QED) is 0.844. The molecule has 0 aliphatic rings. The zero-order valence-electron chi connectivity index (χ0n) is 11.4. The molecule has 2 rings (SSSR count). The summed E-state index contributed by atoms with van der Waals surface area (Å²) in [5.74, 6) is -0.442. The van der Waals surface area contributed by atoms with Crippen molar-refractivity contribution in [3.05, 3.63) is 34.0 Å². The average Bonchev–Trinajstić information content (AvgIpc) is 3.15. The van der Waals surface area contributed by atoms with Crippen molar-refractivity contribution in [3.8, 4) is 0 Å². The van der Waals surface area contributed by atoms with Crippen LogP contribution >= 0.6 is 22.7 Å². The SMILES string of the molecule is COCCN(CC(=O)Nc1nccs1)C(=O)c1cccs1. The van der Waals surface area contributed by atoms with Gasteiger partial charge in [-0.1, -0.05) is 6.07 Å². The first kappa shape index (κ1) is 15.6. The maximum atomic E-state index is 12.3. The summed E-state index contributed by atoms with van der Waals surface area (Å²) in [5, 5.41) is 6.79. The number of thiazole rings is 1. The van der Waals surface area contributed by atoms with Gasteiger partial charge in [-0.05, 0) is 11.4 Å². The molecule has 6 nitrogen and oxygen atoms in total. The van der Waals surface area contributed by atoms with Crippen molar-refractivity contribution in [2.24, 2.45) is 0 Å². The summed E-state index contributed by atoms with van der Waals surface area (Å²) < 4.78 is 4.99. The second kappa shape index (κ2) is 7.87. The summed E-state index contributed by atoms with van der Waals surface area (Å²) >= 11 is 2.68. The molecule has 2 amide bonds. The van der Waals surface area contributed by atoms with Crippen LogP contribution in [0.25, 0.3) is 0 Å². The first-order chi connectivity index (χ1) is 10.2. The Kier molecular flexibility index (Phi) is 5.85. The predicted octanol–water partition coefficient (Wildman–Crippen LogP) is 1.93. The number of ether oxygens (including phenoxy) is 1. The molecule has 8 heteroatoms. The number of rotatable bonds is 7. The molecule has 2 heterocycles. The largest absolute Gasteiger partial charge is 0.383 e. The van der Waals surface area contributed by atoms with E-state index in [0.29, 0.717) is 23.2 Å². The van der Waals surface area contributed by atoms with E-state index in [1.165, 1.54) is 27.6 Å². The third-order valence-corrected chi connectivity index (χ3v) is 4.14. The Labute approximate surface area is 130 Å². The van der Waals surface area contributed by atoms with E-state index in [4.69, 9.17) is 4.74 Å². The normalized spacial score (nSPS) is 10.3. The molecule has 1 N–H and O–H groups in total. The molecule has 0 aliphatic heterocycles. The van der Waals surface area contributed by atoms with Crippen LogP contribution in [0.3, 0.4) is 0 Å². The summed E-state index contributed by atoms with van der Waals surface area (Å²) in [4.78, 5) is 30.4. The third-order valence-electron chi connectivity index (χ3n) is 2.60. The highest BCUT2D eigenvalue weighted by Crippen LogP contribution is 2.13. The molecular formula is C13H15N3O3S2. The van der Waals surface area contributed by atoms with E-state index in [2.05, 4.69) is 10.3 Å². The van der Waals surface area contributed by atoms with E-state index < -0.39 is 0 Å². The smallest absolute Gasteiger partial charge is 0.264 e. The molecule has 0 spiro atoms. The maximum Gasteiger partial charge on any atom is 0.264 e. The minimum Gasteiger partial charge on any atom is -0.383 e. The van der Waals surface area contributed by atoms with Gasteiger partial charge in [0.1, 0.15) is 6.54 Å². The molecule has 0 radical (unpaired) electrons. The molecule has 2 aromatic heterocycles. The molecule has 21 heavy (non-hydrogen) atoms. The second-order valence-electron chi connectivity index (χ2n) is 4.08. The lowest BCUT2D eigenvalue weighted by Crippen LogP contribution is -2.39. The number of methoxy groups -OCH3 is 1. The molecule has 0 saturated carbocycles. The van der Waals surface area contributed by atoms with Crippen LogP contribution in [0, 0.1) is 0 Å². The number of anilines is 1. The van der Waals surface area contributed by atoms with Crippen molar-refractivity contribution in [1.29, 1.82) is 0 Å². The van der Waals surface area contributed by atoms with Gasteiger partial charge in [0.15, 0.2) is 5.13 Å². The van der Waals surface area contributed by atoms with Gasteiger partial charge < -0.3 is 15.0 Å². The zero-order valence-corrected chi connectivity index (χ0v) is 13.1. The van der Waals surface area contributed by atoms with Crippen molar-refractivity contribution in [3.63, 3.8) is 0 Å². The van der Waals surface area contributed by atoms with Gasteiger partial charge in [-0.25, -0.2) is 4.98 Å². The number of carbonyl (C=O) groups excluding carboxylic acids is 2. The summed E-state index contributed by atoms with van der Waals surface area (Å²) in [5.41, 5.74) is 0. The zero-order chi connectivity index (χ0) is 15.1. The van der Waals surface area contributed by atoms with Crippen molar-refractivity contribution in [2.45, 2.75) is 0 Å². The van der Waals surface area contributed by atoms with Crippen LogP contribution in [0.1, 0.15) is 9.67 Å².